The Bertz CT molecular complexity index is 878. The second kappa shape index (κ2) is 7.02. The molecule has 4 rings (SSSR count). The minimum Gasteiger partial charge on any atom is -0.482 e. The number of para-hydroxylation sites is 2. The van der Waals surface area contributed by atoms with Gasteiger partial charge in [-0.1, -0.05) is 35.9 Å². The van der Waals surface area contributed by atoms with Crippen LogP contribution in [0.5, 0.6) is 5.75 Å². The number of nitrogens with zero attached hydrogens (tertiary/aromatic N) is 2. The third-order valence-electron chi connectivity index (χ3n) is 4.36. The number of benzene rings is 2. The van der Waals surface area contributed by atoms with Crippen LogP contribution in [-0.4, -0.2) is 28.9 Å². The Morgan fingerprint density at radius 2 is 2.04 bits per heavy atom. The van der Waals surface area contributed by atoms with E-state index in [9.17, 15) is 4.79 Å². The molecule has 0 radical (unpaired) electrons. The predicted octanol–water partition coefficient (Wildman–Crippen LogP) is 4.69. The number of carbonyl (C=O) groups excluding carboxylic acids is 1. The number of thiazole rings is 1. The fourth-order valence-corrected chi connectivity index (χ4v) is 4.44. The number of aromatic nitrogens is 1. The van der Waals surface area contributed by atoms with Crippen LogP contribution in [0.25, 0.3) is 10.2 Å². The predicted molar refractivity (Wildman–Crippen MR) is 100 cm³/mol. The number of hydrogen-bond acceptors (Lipinski definition) is 4. The molecule has 1 aromatic heterocycles. The second-order valence-electron chi connectivity index (χ2n) is 5.98. The first-order valence-electron chi connectivity index (χ1n) is 8.24. The van der Waals surface area contributed by atoms with Gasteiger partial charge in [0.25, 0.3) is 5.91 Å². The molecule has 0 saturated carbocycles. The lowest BCUT2D eigenvalue weighted by molar-refractivity contribution is -0.134. The van der Waals surface area contributed by atoms with Crippen molar-refractivity contribution in [3.05, 3.63) is 58.6 Å². The molecule has 0 N–H and O–H groups in total. The van der Waals surface area contributed by atoms with E-state index in [1.165, 1.54) is 0 Å². The summed E-state index contributed by atoms with van der Waals surface area (Å²) in [6, 6.07) is 15.3. The molecule has 0 bridgehead atoms. The van der Waals surface area contributed by atoms with Crippen LogP contribution in [0.1, 0.15) is 23.9 Å². The van der Waals surface area contributed by atoms with E-state index in [1.54, 1.807) is 23.5 Å². The number of likely N-dealkylation sites (tertiary alicyclic amines) is 1. The van der Waals surface area contributed by atoms with Crippen LogP contribution in [0.15, 0.2) is 48.5 Å². The van der Waals surface area contributed by atoms with Crippen LogP contribution in [-0.2, 0) is 4.79 Å². The molecule has 2 heterocycles. The maximum absolute atomic E-state index is 12.7. The first-order valence-corrected chi connectivity index (χ1v) is 9.44. The Labute approximate surface area is 155 Å². The molecular formula is C19H17ClN2O2S. The number of halogens is 1. The smallest absolute Gasteiger partial charge is 0.261 e. The maximum Gasteiger partial charge on any atom is 0.261 e. The van der Waals surface area contributed by atoms with Gasteiger partial charge in [-0.05, 0) is 37.1 Å². The summed E-state index contributed by atoms with van der Waals surface area (Å²) in [7, 11) is 0. The van der Waals surface area contributed by atoms with E-state index >= 15 is 0 Å². The summed E-state index contributed by atoms with van der Waals surface area (Å²) in [4.78, 5) is 19.3. The standard InChI is InChI=1S/C19H17ClN2O2S/c20-13-6-1-3-9-16(13)24-12-18(23)22-11-5-8-15(22)19-21-14-7-2-4-10-17(14)25-19/h1-4,6-7,9-10,15H,5,8,11-12H2. The number of hydrogen-bond donors (Lipinski definition) is 0. The zero-order chi connectivity index (χ0) is 17.2. The molecule has 4 nitrogen and oxygen atoms in total. The highest BCUT2D eigenvalue weighted by Crippen LogP contribution is 2.36. The van der Waals surface area contributed by atoms with Gasteiger partial charge in [0.1, 0.15) is 10.8 Å². The zero-order valence-electron chi connectivity index (χ0n) is 13.5. The summed E-state index contributed by atoms with van der Waals surface area (Å²) in [5.41, 5.74) is 0.995. The highest BCUT2D eigenvalue weighted by molar-refractivity contribution is 7.18. The molecule has 1 unspecified atom stereocenters. The first kappa shape index (κ1) is 16.4. The molecule has 1 saturated heterocycles. The zero-order valence-corrected chi connectivity index (χ0v) is 15.1. The molecule has 1 aliphatic rings. The molecule has 6 heteroatoms. The summed E-state index contributed by atoms with van der Waals surface area (Å²) in [6.45, 7) is 0.733. The lowest BCUT2D eigenvalue weighted by Crippen LogP contribution is -2.34. The van der Waals surface area contributed by atoms with Gasteiger partial charge in [0, 0.05) is 6.54 Å². The van der Waals surface area contributed by atoms with Crippen molar-refractivity contribution in [1.82, 2.24) is 9.88 Å². The maximum atomic E-state index is 12.7. The van der Waals surface area contributed by atoms with Gasteiger partial charge >= 0.3 is 0 Å². The molecule has 128 valence electrons. The van der Waals surface area contributed by atoms with Crippen molar-refractivity contribution in [2.24, 2.45) is 0 Å². The Kier molecular flexibility index (Phi) is 4.59. The summed E-state index contributed by atoms with van der Waals surface area (Å²) < 4.78 is 6.77. The van der Waals surface area contributed by atoms with E-state index < -0.39 is 0 Å². The quantitative estimate of drug-likeness (QED) is 0.667. The highest BCUT2D eigenvalue weighted by Gasteiger charge is 2.32. The molecule has 2 aromatic carbocycles. The van der Waals surface area contributed by atoms with Gasteiger partial charge in [-0.15, -0.1) is 11.3 Å². The normalized spacial score (nSPS) is 17.2. The van der Waals surface area contributed by atoms with Crippen LogP contribution in [0.2, 0.25) is 5.02 Å². The van der Waals surface area contributed by atoms with Crippen LogP contribution >= 0.6 is 22.9 Å². The molecule has 0 spiro atoms. The van der Waals surface area contributed by atoms with Crippen molar-refractivity contribution in [1.29, 1.82) is 0 Å². The third-order valence-corrected chi connectivity index (χ3v) is 5.81. The molecule has 3 aromatic rings. The van der Waals surface area contributed by atoms with Crippen LogP contribution in [0, 0.1) is 0 Å². The summed E-state index contributed by atoms with van der Waals surface area (Å²) in [5, 5.41) is 1.52. The highest BCUT2D eigenvalue weighted by atomic mass is 35.5. The summed E-state index contributed by atoms with van der Waals surface area (Å²) in [6.07, 6.45) is 1.93. The van der Waals surface area contributed by atoms with Crippen molar-refractivity contribution < 1.29 is 9.53 Å². The van der Waals surface area contributed by atoms with Gasteiger partial charge in [0.15, 0.2) is 6.61 Å². The lowest BCUT2D eigenvalue weighted by Gasteiger charge is -2.23. The van der Waals surface area contributed by atoms with E-state index in [0.717, 1.165) is 34.6 Å². The van der Waals surface area contributed by atoms with Crippen molar-refractivity contribution in [2.45, 2.75) is 18.9 Å². The molecule has 1 atom stereocenters. The molecular weight excluding hydrogens is 356 g/mol. The Hall–Kier alpha value is -2.11. The van der Waals surface area contributed by atoms with E-state index in [2.05, 4.69) is 6.07 Å². The average molecular weight is 373 g/mol. The van der Waals surface area contributed by atoms with Gasteiger partial charge in [-0.2, -0.15) is 0 Å². The van der Waals surface area contributed by atoms with Crippen molar-refractivity contribution in [3.8, 4) is 5.75 Å². The first-order chi connectivity index (χ1) is 12.2. The van der Waals surface area contributed by atoms with Crippen molar-refractivity contribution in [2.75, 3.05) is 13.2 Å². The number of rotatable bonds is 4. The topological polar surface area (TPSA) is 42.4 Å². The Morgan fingerprint density at radius 3 is 2.88 bits per heavy atom. The fourth-order valence-electron chi connectivity index (χ4n) is 3.14. The summed E-state index contributed by atoms with van der Waals surface area (Å²) >= 11 is 7.74. The van der Waals surface area contributed by atoms with Crippen LogP contribution < -0.4 is 4.74 Å². The van der Waals surface area contributed by atoms with Gasteiger partial charge in [0.2, 0.25) is 0 Å². The molecule has 1 fully saturated rings. The lowest BCUT2D eigenvalue weighted by atomic mass is 10.2. The van der Waals surface area contributed by atoms with E-state index in [0.29, 0.717) is 10.8 Å². The van der Waals surface area contributed by atoms with Gasteiger partial charge in [-0.25, -0.2) is 4.98 Å². The van der Waals surface area contributed by atoms with Crippen LogP contribution in [0.3, 0.4) is 0 Å². The monoisotopic (exact) mass is 372 g/mol. The molecule has 25 heavy (non-hydrogen) atoms. The van der Waals surface area contributed by atoms with Gasteiger partial charge in [0.05, 0.1) is 21.3 Å². The third kappa shape index (κ3) is 3.34. The number of amides is 1. The fraction of sp³-hybridized carbons (Fsp3) is 0.263. The van der Waals surface area contributed by atoms with E-state index in [4.69, 9.17) is 21.3 Å². The number of carbonyl (C=O) groups is 1. The molecule has 1 aliphatic heterocycles. The summed E-state index contributed by atoms with van der Waals surface area (Å²) in [5.74, 6) is 0.509. The van der Waals surface area contributed by atoms with Crippen LogP contribution in [0.4, 0.5) is 0 Å². The number of ether oxygens (including phenoxy) is 1. The second-order valence-corrected chi connectivity index (χ2v) is 7.45. The SMILES string of the molecule is O=C(COc1ccccc1Cl)N1CCCC1c1nc2ccccc2s1. The number of fused-ring (bicyclic) bond motifs is 1. The van der Waals surface area contributed by atoms with Crippen molar-refractivity contribution >= 4 is 39.1 Å². The minimum absolute atomic E-state index is 0.00880. The van der Waals surface area contributed by atoms with E-state index in [1.807, 2.05) is 35.2 Å². The molecule has 1 amide bonds. The Morgan fingerprint density at radius 1 is 1.24 bits per heavy atom. The minimum atomic E-state index is -0.0262. The molecule has 0 aliphatic carbocycles. The van der Waals surface area contributed by atoms with Crippen molar-refractivity contribution in [3.63, 3.8) is 0 Å². The van der Waals surface area contributed by atoms with E-state index in [-0.39, 0.29) is 18.6 Å². The largest absolute Gasteiger partial charge is 0.482 e. The van der Waals surface area contributed by atoms with Gasteiger partial charge < -0.3 is 9.64 Å². The Balaban J connectivity index is 1.49. The average Bonchev–Trinajstić information content (AvgIpc) is 3.27. The van der Waals surface area contributed by atoms with Gasteiger partial charge in [-0.3, -0.25) is 4.79 Å².